The van der Waals surface area contributed by atoms with E-state index in [1.165, 1.54) is 0 Å². The summed E-state index contributed by atoms with van der Waals surface area (Å²) in [5.74, 6) is 2.88. The van der Waals surface area contributed by atoms with Gasteiger partial charge in [-0.1, -0.05) is 18.2 Å². The van der Waals surface area contributed by atoms with Crippen molar-refractivity contribution < 1.29 is 14.2 Å². The molecule has 32 heavy (non-hydrogen) atoms. The molecule has 1 heterocycles. The maximum Gasteiger partial charge on any atom is 0.196 e. The Morgan fingerprint density at radius 2 is 1.81 bits per heavy atom. The van der Waals surface area contributed by atoms with Crippen LogP contribution in [0.1, 0.15) is 25.1 Å². The highest BCUT2D eigenvalue weighted by Crippen LogP contribution is 2.30. The van der Waals surface area contributed by atoms with Crippen LogP contribution < -0.4 is 24.8 Å². The molecule has 0 saturated carbocycles. The second-order valence-corrected chi connectivity index (χ2v) is 6.87. The van der Waals surface area contributed by atoms with Crippen LogP contribution in [-0.4, -0.2) is 31.2 Å². The van der Waals surface area contributed by atoms with Crippen molar-refractivity contribution in [2.75, 3.05) is 25.6 Å². The molecule has 1 aromatic heterocycles. The van der Waals surface area contributed by atoms with Gasteiger partial charge in [0.25, 0.3) is 0 Å². The summed E-state index contributed by atoms with van der Waals surface area (Å²) in [7, 11) is 1.63. The van der Waals surface area contributed by atoms with Gasteiger partial charge in [-0.05, 0) is 55.8 Å². The number of hydrogen-bond donors (Lipinski definition) is 2. The fraction of sp³-hybridized carbons (Fsp3) is 0.280. The van der Waals surface area contributed by atoms with Gasteiger partial charge in [-0.15, -0.1) is 0 Å². The zero-order valence-corrected chi connectivity index (χ0v) is 18.8. The number of aromatic nitrogens is 1. The van der Waals surface area contributed by atoms with Crippen molar-refractivity contribution in [2.24, 2.45) is 4.99 Å². The van der Waals surface area contributed by atoms with Gasteiger partial charge in [-0.2, -0.15) is 0 Å². The van der Waals surface area contributed by atoms with E-state index < -0.39 is 0 Å². The Labute approximate surface area is 189 Å². The van der Waals surface area contributed by atoms with Crippen LogP contribution in [-0.2, 0) is 13.2 Å². The molecular weight excluding hydrogens is 404 g/mol. The highest BCUT2D eigenvalue weighted by molar-refractivity contribution is 5.93. The average molecular weight is 435 g/mol. The van der Waals surface area contributed by atoms with E-state index in [1.807, 2.05) is 74.5 Å². The summed E-state index contributed by atoms with van der Waals surface area (Å²) in [6.45, 7) is 6.27. The van der Waals surface area contributed by atoms with Crippen LogP contribution in [0, 0.1) is 0 Å². The third-order valence-electron chi connectivity index (χ3n) is 4.53. The first-order chi connectivity index (χ1) is 15.7. The van der Waals surface area contributed by atoms with Gasteiger partial charge in [0, 0.05) is 24.5 Å². The molecule has 2 aromatic carbocycles. The van der Waals surface area contributed by atoms with E-state index in [2.05, 4.69) is 15.6 Å². The lowest BCUT2D eigenvalue weighted by molar-refractivity contribution is 0.301. The van der Waals surface area contributed by atoms with Crippen molar-refractivity contribution in [1.82, 2.24) is 10.3 Å². The van der Waals surface area contributed by atoms with Gasteiger partial charge in [0.2, 0.25) is 0 Å². The number of methoxy groups -OCH3 is 1. The van der Waals surface area contributed by atoms with Crippen LogP contribution >= 0.6 is 0 Å². The van der Waals surface area contributed by atoms with E-state index >= 15 is 0 Å². The fourth-order valence-corrected chi connectivity index (χ4v) is 2.97. The molecule has 0 aliphatic carbocycles. The number of guanidine groups is 1. The molecule has 2 N–H and O–H groups in total. The van der Waals surface area contributed by atoms with Gasteiger partial charge in [-0.25, -0.2) is 4.99 Å². The fourth-order valence-electron chi connectivity index (χ4n) is 2.97. The maximum absolute atomic E-state index is 5.80. The van der Waals surface area contributed by atoms with Gasteiger partial charge in [0.05, 0.1) is 26.0 Å². The molecule has 0 bridgehead atoms. The van der Waals surface area contributed by atoms with Crippen molar-refractivity contribution in [3.05, 3.63) is 78.1 Å². The first kappa shape index (κ1) is 22.9. The third kappa shape index (κ3) is 6.91. The number of hydrogen-bond acceptors (Lipinski definition) is 5. The monoisotopic (exact) mass is 434 g/mol. The van der Waals surface area contributed by atoms with Crippen molar-refractivity contribution in [3.8, 4) is 17.2 Å². The molecule has 0 atom stereocenters. The minimum Gasteiger partial charge on any atom is -0.493 e. The Morgan fingerprint density at radius 3 is 2.50 bits per heavy atom. The van der Waals surface area contributed by atoms with Crippen LogP contribution in [0.3, 0.4) is 0 Å². The predicted molar refractivity (Wildman–Crippen MR) is 128 cm³/mol. The van der Waals surface area contributed by atoms with Crippen LogP contribution in [0.25, 0.3) is 0 Å². The number of anilines is 1. The summed E-state index contributed by atoms with van der Waals surface area (Å²) in [5.41, 5.74) is 2.85. The quantitative estimate of drug-likeness (QED) is 0.357. The van der Waals surface area contributed by atoms with E-state index in [0.717, 1.165) is 29.2 Å². The Morgan fingerprint density at radius 1 is 0.969 bits per heavy atom. The predicted octanol–water partition coefficient (Wildman–Crippen LogP) is 4.65. The largest absolute Gasteiger partial charge is 0.493 e. The Kier molecular flexibility index (Phi) is 8.74. The molecule has 0 amide bonds. The molecular formula is C25H30N4O3. The number of pyridine rings is 1. The first-order valence-corrected chi connectivity index (χ1v) is 10.7. The van der Waals surface area contributed by atoms with Crippen molar-refractivity contribution in [2.45, 2.75) is 27.0 Å². The highest BCUT2D eigenvalue weighted by Gasteiger charge is 2.07. The van der Waals surface area contributed by atoms with E-state index in [4.69, 9.17) is 19.2 Å². The molecule has 168 valence electrons. The molecule has 3 aromatic rings. The summed E-state index contributed by atoms with van der Waals surface area (Å²) >= 11 is 0. The zero-order valence-electron chi connectivity index (χ0n) is 18.8. The molecule has 3 rings (SSSR count). The molecule has 0 saturated heterocycles. The van der Waals surface area contributed by atoms with E-state index in [9.17, 15) is 0 Å². The molecule has 0 spiro atoms. The van der Waals surface area contributed by atoms with Crippen molar-refractivity contribution in [3.63, 3.8) is 0 Å². The summed E-state index contributed by atoms with van der Waals surface area (Å²) in [6, 6.07) is 19.4. The minimum atomic E-state index is 0.443. The Hall–Kier alpha value is -3.74. The SMILES string of the molecule is CCNC(=NCc1ccc(OCc2ccccn2)cc1)Nc1ccc(OC)c(OCC)c1. The second kappa shape index (κ2) is 12.2. The molecule has 0 radical (unpaired) electrons. The van der Waals surface area contributed by atoms with E-state index in [1.54, 1.807) is 13.3 Å². The Bertz CT molecular complexity index is 992. The topological polar surface area (TPSA) is 77.0 Å². The van der Waals surface area contributed by atoms with Crippen LogP contribution in [0.4, 0.5) is 5.69 Å². The van der Waals surface area contributed by atoms with E-state index in [0.29, 0.717) is 37.2 Å². The summed E-state index contributed by atoms with van der Waals surface area (Å²) in [6.07, 6.45) is 1.76. The third-order valence-corrected chi connectivity index (χ3v) is 4.53. The minimum absolute atomic E-state index is 0.443. The molecule has 7 heteroatoms. The lowest BCUT2D eigenvalue weighted by atomic mass is 10.2. The number of benzene rings is 2. The van der Waals surface area contributed by atoms with Gasteiger partial charge in [-0.3, -0.25) is 4.98 Å². The lowest BCUT2D eigenvalue weighted by Gasteiger charge is -2.14. The van der Waals surface area contributed by atoms with E-state index in [-0.39, 0.29) is 0 Å². The molecule has 0 aliphatic heterocycles. The molecule has 0 fully saturated rings. The lowest BCUT2D eigenvalue weighted by Crippen LogP contribution is -2.30. The number of nitrogens with one attached hydrogen (secondary N) is 2. The second-order valence-electron chi connectivity index (χ2n) is 6.87. The maximum atomic E-state index is 5.80. The summed E-state index contributed by atoms with van der Waals surface area (Å²) in [4.78, 5) is 8.96. The number of nitrogens with zero attached hydrogens (tertiary/aromatic N) is 2. The Balaban J connectivity index is 1.61. The number of ether oxygens (including phenoxy) is 3. The van der Waals surface area contributed by atoms with Gasteiger partial charge < -0.3 is 24.8 Å². The number of aliphatic imine (C=N–C) groups is 1. The van der Waals surface area contributed by atoms with Crippen LogP contribution in [0.5, 0.6) is 17.2 Å². The summed E-state index contributed by atoms with van der Waals surface area (Å²) in [5, 5.41) is 6.59. The summed E-state index contributed by atoms with van der Waals surface area (Å²) < 4.78 is 16.8. The zero-order chi connectivity index (χ0) is 22.6. The molecule has 0 unspecified atom stereocenters. The number of rotatable bonds is 10. The smallest absolute Gasteiger partial charge is 0.196 e. The average Bonchev–Trinajstić information content (AvgIpc) is 2.83. The standard InChI is InChI=1S/C25H30N4O3/c1-4-26-25(29-20-11-14-23(30-3)24(16-20)31-5-2)28-17-19-9-12-22(13-10-19)32-18-21-8-6-7-15-27-21/h6-16H,4-5,17-18H2,1-3H3,(H2,26,28,29). The normalized spacial score (nSPS) is 11.0. The van der Waals surface area contributed by atoms with Gasteiger partial charge in [0.15, 0.2) is 17.5 Å². The van der Waals surface area contributed by atoms with Crippen molar-refractivity contribution in [1.29, 1.82) is 0 Å². The first-order valence-electron chi connectivity index (χ1n) is 10.7. The van der Waals surface area contributed by atoms with Gasteiger partial charge >= 0.3 is 0 Å². The van der Waals surface area contributed by atoms with Crippen molar-refractivity contribution >= 4 is 11.6 Å². The highest BCUT2D eigenvalue weighted by atomic mass is 16.5. The van der Waals surface area contributed by atoms with Gasteiger partial charge in [0.1, 0.15) is 12.4 Å². The van der Waals surface area contributed by atoms with Crippen LogP contribution in [0.15, 0.2) is 71.9 Å². The molecule has 7 nitrogen and oxygen atoms in total. The molecule has 0 aliphatic rings. The van der Waals surface area contributed by atoms with Crippen LogP contribution in [0.2, 0.25) is 0 Å².